The van der Waals surface area contributed by atoms with Crippen LogP contribution in [0.1, 0.15) is 11.1 Å². The van der Waals surface area contributed by atoms with Gasteiger partial charge in [0.05, 0.1) is 11.0 Å². The molecule has 0 saturated heterocycles. The van der Waals surface area contributed by atoms with Gasteiger partial charge in [0.25, 0.3) is 0 Å². The van der Waals surface area contributed by atoms with Crippen LogP contribution in [0.25, 0.3) is 22.4 Å². The van der Waals surface area contributed by atoms with E-state index in [1.165, 1.54) is 22.2 Å². The van der Waals surface area contributed by atoms with E-state index in [1.807, 2.05) is 7.05 Å². The molecule has 0 aliphatic heterocycles. The summed E-state index contributed by atoms with van der Waals surface area (Å²) in [5.74, 6) is 1.03. The quantitative estimate of drug-likeness (QED) is 0.787. The molecule has 0 aliphatic rings. The van der Waals surface area contributed by atoms with Crippen LogP contribution in [0.15, 0.2) is 42.5 Å². The molecule has 0 amide bonds. The highest BCUT2D eigenvalue weighted by Gasteiger charge is 2.11. The number of nitrogens with one attached hydrogen (secondary N) is 1. The second-order valence-electron chi connectivity index (χ2n) is 5.16. The molecule has 1 aromatic heterocycles. The smallest absolute Gasteiger partial charge is 0.141 e. The molecule has 0 fully saturated rings. The molecule has 2 aromatic carbocycles. The van der Waals surface area contributed by atoms with Gasteiger partial charge in [-0.2, -0.15) is 0 Å². The van der Waals surface area contributed by atoms with Crippen molar-refractivity contribution in [3.05, 3.63) is 53.6 Å². The van der Waals surface area contributed by atoms with Crippen LogP contribution in [-0.4, -0.2) is 16.6 Å². The van der Waals surface area contributed by atoms with Gasteiger partial charge in [0.15, 0.2) is 0 Å². The molecule has 0 bridgehead atoms. The van der Waals surface area contributed by atoms with E-state index in [-0.39, 0.29) is 0 Å². The summed E-state index contributed by atoms with van der Waals surface area (Å²) in [6.45, 7) is 2.99. The maximum absolute atomic E-state index is 4.82. The van der Waals surface area contributed by atoms with E-state index in [0.29, 0.717) is 0 Å². The third-order valence-corrected chi connectivity index (χ3v) is 3.71. The Morgan fingerprint density at radius 1 is 1.15 bits per heavy atom. The average Bonchev–Trinajstić information content (AvgIpc) is 2.77. The van der Waals surface area contributed by atoms with Crippen molar-refractivity contribution >= 4 is 11.0 Å². The zero-order chi connectivity index (χ0) is 14.1. The summed E-state index contributed by atoms with van der Waals surface area (Å²) in [6.07, 6.45) is 0. The highest BCUT2D eigenvalue weighted by atomic mass is 15.1. The van der Waals surface area contributed by atoms with Crippen LogP contribution in [0, 0.1) is 6.92 Å². The van der Waals surface area contributed by atoms with Gasteiger partial charge in [-0.15, -0.1) is 0 Å². The Balaban J connectivity index is 2.18. The summed E-state index contributed by atoms with van der Waals surface area (Å²) < 4.78 is 2.17. The van der Waals surface area contributed by atoms with Gasteiger partial charge in [-0.25, -0.2) is 4.98 Å². The topological polar surface area (TPSA) is 29.9 Å². The van der Waals surface area contributed by atoms with Crippen molar-refractivity contribution in [2.45, 2.75) is 13.5 Å². The first-order chi connectivity index (χ1) is 9.70. The van der Waals surface area contributed by atoms with Crippen molar-refractivity contribution < 1.29 is 0 Å². The van der Waals surface area contributed by atoms with Gasteiger partial charge in [-0.05, 0) is 37.2 Å². The van der Waals surface area contributed by atoms with E-state index >= 15 is 0 Å². The Morgan fingerprint density at radius 3 is 2.70 bits per heavy atom. The van der Waals surface area contributed by atoms with Crippen molar-refractivity contribution in [3.63, 3.8) is 0 Å². The molecule has 3 aromatic rings. The lowest BCUT2D eigenvalue weighted by molar-refractivity contribution is 0.819. The lowest BCUT2D eigenvalue weighted by atomic mass is 10.1. The molecule has 3 nitrogen and oxygen atoms in total. The molecule has 0 saturated carbocycles. The number of nitrogens with zero attached hydrogens (tertiary/aromatic N) is 2. The van der Waals surface area contributed by atoms with Crippen molar-refractivity contribution in [1.29, 1.82) is 0 Å². The van der Waals surface area contributed by atoms with Gasteiger partial charge in [0.2, 0.25) is 0 Å². The molecule has 1 N–H and O–H groups in total. The maximum Gasteiger partial charge on any atom is 0.141 e. The number of aromatic nitrogens is 2. The minimum absolute atomic E-state index is 0.867. The Labute approximate surface area is 119 Å². The molecule has 1 heterocycles. The summed E-state index contributed by atoms with van der Waals surface area (Å²) in [5.41, 5.74) is 5.93. The van der Waals surface area contributed by atoms with Crippen LogP contribution in [0.3, 0.4) is 0 Å². The van der Waals surface area contributed by atoms with Crippen LogP contribution in [0.5, 0.6) is 0 Å². The fraction of sp³-hybridized carbons (Fsp3) is 0.235. The van der Waals surface area contributed by atoms with Crippen LogP contribution in [0.2, 0.25) is 0 Å². The lowest BCUT2D eigenvalue weighted by Crippen LogP contribution is -2.04. The molecule has 20 heavy (non-hydrogen) atoms. The van der Waals surface area contributed by atoms with Gasteiger partial charge in [-0.1, -0.05) is 30.3 Å². The minimum atomic E-state index is 0.867. The zero-order valence-corrected chi connectivity index (χ0v) is 12.1. The predicted molar refractivity (Wildman–Crippen MR) is 83.7 cm³/mol. The third-order valence-electron chi connectivity index (χ3n) is 3.71. The number of fused-ring (bicyclic) bond motifs is 1. The fourth-order valence-corrected chi connectivity index (χ4v) is 2.62. The van der Waals surface area contributed by atoms with Crippen molar-refractivity contribution in [1.82, 2.24) is 14.9 Å². The molecule has 0 unspecified atom stereocenters. The first-order valence-electron chi connectivity index (χ1n) is 6.86. The second kappa shape index (κ2) is 5.10. The molecule has 0 atom stereocenters. The van der Waals surface area contributed by atoms with Crippen molar-refractivity contribution in [3.8, 4) is 11.4 Å². The minimum Gasteiger partial charge on any atom is -0.327 e. The Bertz CT molecular complexity index is 756. The van der Waals surface area contributed by atoms with E-state index in [4.69, 9.17) is 4.98 Å². The monoisotopic (exact) mass is 265 g/mol. The SMILES string of the molecule is CNCc1ccc2c(c1)nc(-c1ccccc1C)n2C. The average molecular weight is 265 g/mol. The molecule has 0 radical (unpaired) electrons. The number of aryl methyl sites for hydroxylation is 2. The van der Waals surface area contributed by atoms with Gasteiger partial charge >= 0.3 is 0 Å². The van der Waals surface area contributed by atoms with Gasteiger partial charge < -0.3 is 9.88 Å². The molecule has 3 rings (SSSR count). The predicted octanol–water partition coefficient (Wildman–Crippen LogP) is 3.27. The molecular formula is C17H19N3. The Hall–Kier alpha value is -2.13. The molecule has 102 valence electrons. The highest BCUT2D eigenvalue weighted by Crippen LogP contribution is 2.26. The molecule has 0 spiro atoms. The Kier molecular flexibility index (Phi) is 3.28. The lowest BCUT2D eigenvalue weighted by Gasteiger charge is -2.05. The summed E-state index contributed by atoms with van der Waals surface area (Å²) in [6, 6.07) is 14.8. The zero-order valence-electron chi connectivity index (χ0n) is 12.1. The van der Waals surface area contributed by atoms with Crippen molar-refractivity contribution in [2.24, 2.45) is 7.05 Å². The van der Waals surface area contributed by atoms with Gasteiger partial charge in [0.1, 0.15) is 5.82 Å². The third kappa shape index (κ3) is 2.10. The van der Waals surface area contributed by atoms with E-state index in [2.05, 4.69) is 66.3 Å². The number of rotatable bonds is 3. The molecular weight excluding hydrogens is 246 g/mol. The second-order valence-corrected chi connectivity index (χ2v) is 5.16. The summed E-state index contributed by atoms with van der Waals surface area (Å²) >= 11 is 0. The molecule has 0 aliphatic carbocycles. The first kappa shape index (κ1) is 12.9. The van der Waals surface area contributed by atoms with Gasteiger partial charge in [-0.3, -0.25) is 0 Å². The number of hydrogen-bond donors (Lipinski definition) is 1. The van der Waals surface area contributed by atoms with E-state index in [1.54, 1.807) is 0 Å². The first-order valence-corrected chi connectivity index (χ1v) is 6.86. The summed E-state index contributed by atoms with van der Waals surface area (Å²) in [7, 11) is 4.04. The fourth-order valence-electron chi connectivity index (χ4n) is 2.62. The standard InChI is InChI=1S/C17H19N3/c1-12-6-4-5-7-14(12)17-19-15-10-13(11-18-2)8-9-16(15)20(17)3/h4-10,18H,11H2,1-3H3. The van der Waals surface area contributed by atoms with E-state index in [9.17, 15) is 0 Å². The van der Waals surface area contributed by atoms with Crippen LogP contribution >= 0.6 is 0 Å². The van der Waals surface area contributed by atoms with Crippen LogP contribution in [0.4, 0.5) is 0 Å². The normalized spacial score (nSPS) is 11.2. The summed E-state index contributed by atoms with van der Waals surface area (Å²) in [5, 5.41) is 3.18. The van der Waals surface area contributed by atoms with Crippen LogP contribution < -0.4 is 5.32 Å². The largest absolute Gasteiger partial charge is 0.327 e. The maximum atomic E-state index is 4.82. The summed E-state index contributed by atoms with van der Waals surface area (Å²) in [4.78, 5) is 4.82. The van der Waals surface area contributed by atoms with Crippen LogP contribution in [-0.2, 0) is 13.6 Å². The van der Waals surface area contributed by atoms with E-state index < -0.39 is 0 Å². The van der Waals surface area contributed by atoms with E-state index in [0.717, 1.165) is 17.9 Å². The van der Waals surface area contributed by atoms with Gasteiger partial charge in [0, 0.05) is 19.2 Å². The number of imidazole rings is 1. The highest BCUT2D eigenvalue weighted by molar-refractivity contribution is 5.81. The number of benzene rings is 2. The molecule has 3 heteroatoms. The Morgan fingerprint density at radius 2 is 1.95 bits per heavy atom. The number of hydrogen-bond acceptors (Lipinski definition) is 2. The van der Waals surface area contributed by atoms with Crippen molar-refractivity contribution in [2.75, 3.05) is 7.05 Å².